The highest BCUT2D eigenvalue weighted by Gasteiger charge is 2.30. The molecular formula is C18H21ClN2O5S. The Hall–Kier alpha value is -2.45. The molecule has 27 heavy (non-hydrogen) atoms. The average Bonchev–Trinajstić information content (AvgIpc) is 2.62. The van der Waals surface area contributed by atoms with Crippen LogP contribution in [0.15, 0.2) is 42.5 Å². The van der Waals surface area contributed by atoms with E-state index in [9.17, 15) is 13.2 Å². The lowest BCUT2D eigenvalue weighted by Gasteiger charge is -2.28. The van der Waals surface area contributed by atoms with Crippen molar-refractivity contribution in [2.24, 2.45) is 0 Å². The molecule has 0 saturated carbocycles. The number of amides is 1. The molecule has 2 aromatic carbocycles. The number of methoxy groups -OCH3 is 2. The molecule has 0 radical (unpaired) electrons. The van der Waals surface area contributed by atoms with Crippen LogP contribution in [-0.4, -0.2) is 40.8 Å². The summed E-state index contributed by atoms with van der Waals surface area (Å²) in [5, 5.41) is 3.01. The van der Waals surface area contributed by atoms with Gasteiger partial charge in [-0.3, -0.25) is 9.10 Å². The maximum Gasteiger partial charge on any atom is 0.248 e. The number of hydrogen-bond acceptors (Lipinski definition) is 5. The third-order valence-electron chi connectivity index (χ3n) is 3.84. The fourth-order valence-corrected chi connectivity index (χ4v) is 3.92. The second kappa shape index (κ2) is 8.49. The van der Waals surface area contributed by atoms with Crippen molar-refractivity contribution >= 4 is 38.9 Å². The number of hydrogen-bond donors (Lipinski definition) is 1. The van der Waals surface area contributed by atoms with Gasteiger partial charge in [0.05, 0.1) is 36.9 Å². The predicted octanol–water partition coefficient (Wildman–Crippen LogP) is 3.15. The molecule has 1 atom stereocenters. The Morgan fingerprint density at radius 1 is 1.11 bits per heavy atom. The minimum Gasteiger partial charge on any atom is -0.493 e. The molecule has 0 unspecified atom stereocenters. The lowest BCUT2D eigenvalue weighted by Crippen LogP contribution is -2.45. The number of anilines is 2. The molecule has 1 N–H and O–H groups in total. The van der Waals surface area contributed by atoms with Crippen LogP contribution < -0.4 is 19.1 Å². The number of nitrogens with zero attached hydrogens (tertiary/aromatic N) is 1. The fourth-order valence-electron chi connectivity index (χ4n) is 2.57. The summed E-state index contributed by atoms with van der Waals surface area (Å²) < 4.78 is 36.2. The molecule has 146 valence electrons. The van der Waals surface area contributed by atoms with E-state index in [1.807, 2.05) is 0 Å². The number of carbonyl (C=O) groups is 1. The van der Waals surface area contributed by atoms with Crippen LogP contribution in [-0.2, 0) is 14.8 Å². The van der Waals surface area contributed by atoms with Crippen molar-refractivity contribution in [2.75, 3.05) is 30.1 Å². The topological polar surface area (TPSA) is 84.9 Å². The Bertz CT molecular complexity index is 933. The second-order valence-corrected chi connectivity index (χ2v) is 8.01. The van der Waals surface area contributed by atoms with Crippen LogP contribution in [0.25, 0.3) is 0 Å². The molecule has 2 aromatic rings. The average molecular weight is 413 g/mol. The molecule has 0 fully saturated rings. The van der Waals surface area contributed by atoms with Crippen molar-refractivity contribution in [3.63, 3.8) is 0 Å². The van der Waals surface area contributed by atoms with Gasteiger partial charge in [0.2, 0.25) is 15.9 Å². The van der Waals surface area contributed by atoms with Crippen molar-refractivity contribution in [2.45, 2.75) is 13.0 Å². The number of rotatable bonds is 7. The quantitative estimate of drug-likeness (QED) is 0.755. The summed E-state index contributed by atoms with van der Waals surface area (Å²) in [6.45, 7) is 1.49. The summed E-state index contributed by atoms with van der Waals surface area (Å²) in [6, 6.07) is 10.3. The monoisotopic (exact) mass is 412 g/mol. The zero-order valence-electron chi connectivity index (χ0n) is 15.4. The maximum atomic E-state index is 12.7. The largest absolute Gasteiger partial charge is 0.493 e. The van der Waals surface area contributed by atoms with E-state index >= 15 is 0 Å². The van der Waals surface area contributed by atoms with E-state index in [0.29, 0.717) is 22.2 Å². The lowest BCUT2D eigenvalue weighted by atomic mass is 10.2. The van der Waals surface area contributed by atoms with Crippen molar-refractivity contribution in [1.82, 2.24) is 0 Å². The van der Waals surface area contributed by atoms with Gasteiger partial charge in [-0.2, -0.15) is 0 Å². The fraction of sp³-hybridized carbons (Fsp3) is 0.278. The van der Waals surface area contributed by atoms with Crippen LogP contribution in [0.3, 0.4) is 0 Å². The van der Waals surface area contributed by atoms with Gasteiger partial charge in [0.15, 0.2) is 11.5 Å². The van der Waals surface area contributed by atoms with Crippen LogP contribution in [0.1, 0.15) is 6.92 Å². The number of sulfonamides is 1. The van der Waals surface area contributed by atoms with Gasteiger partial charge in [-0.15, -0.1) is 0 Å². The Morgan fingerprint density at radius 2 is 1.74 bits per heavy atom. The highest BCUT2D eigenvalue weighted by molar-refractivity contribution is 7.92. The van der Waals surface area contributed by atoms with Crippen LogP contribution in [0.2, 0.25) is 5.02 Å². The molecule has 1 amide bonds. The Labute approximate surface area is 163 Å². The number of carbonyl (C=O) groups excluding carboxylic acids is 1. The Morgan fingerprint density at radius 3 is 2.30 bits per heavy atom. The van der Waals surface area contributed by atoms with E-state index in [4.69, 9.17) is 21.1 Å². The minimum absolute atomic E-state index is 0.275. The maximum absolute atomic E-state index is 12.7. The molecule has 9 heteroatoms. The first-order valence-electron chi connectivity index (χ1n) is 7.96. The molecule has 0 saturated heterocycles. The summed E-state index contributed by atoms with van der Waals surface area (Å²) in [5.74, 6) is 0.272. The summed E-state index contributed by atoms with van der Waals surface area (Å²) >= 11 is 6.06. The standard InChI is InChI=1S/C18H21ClN2O5S/c1-12(18(22)20-15-8-6-5-7-14(15)19)21(27(4,23)24)13-9-10-16(25-2)17(11-13)26-3/h5-12H,1-4H3,(H,20,22)/t12-/m0/s1. The van der Waals surface area contributed by atoms with Gasteiger partial charge >= 0.3 is 0 Å². The highest BCUT2D eigenvalue weighted by atomic mass is 35.5. The number of para-hydroxylation sites is 1. The number of benzene rings is 2. The van der Waals surface area contributed by atoms with Crippen LogP contribution in [0, 0.1) is 0 Å². The molecule has 0 bridgehead atoms. The number of ether oxygens (including phenoxy) is 2. The summed E-state index contributed by atoms with van der Waals surface area (Å²) in [5.41, 5.74) is 0.675. The summed E-state index contributed by atoms with van der Waals surface area (Å²) in [7, 11) is -0.844. The van der Waals surface area contributed by atoms with Gasteiger partial charge < -0.3 is 14.8 Å². The van der Waals surface area contributed by atoms with E-state index in [2.05, 4.69) is 5.32 Å². The lowest BCUT2D eigenvalue weighted by molar-refractivity contribution is -0.116. The predicted molar refractivity (Wildman–Crippen MR) is 106 cm³/mol. The van der Waals surface area contributed by atoms with Crippen LogP contribution in [0.5, 0.6) is 11.5 Å². The van der Waals surface area contributed by atoms with Gasteiger partial charge in [0.25, 0.3) is 0 Å². The summed E-state index contributed by atoms with van der Waals surface area (Å²) in [4.78, 5) is 12.7. The van der Waals surface area contributed by atoms with Crippen LogP contribution in [0.4, 0.5) is 11.4 Å². The molecule has 0 aliphatic carbocycles. The van der Waals surface area contributed by atoms with Crippen molar-refractivity contribution in [3.8, 4) is 11.5 Å². The molecule has 0 aliphatic heterocycles. The molecule has 0 aliphatic rings. The normalized spacial score (nSPS) is 12.2. The molecule has 7 nitrogen and oxygen atoms in total. The molecule has 0 heterocycles. The first-order chi connectivity index (χ1) is 12.7. The summed E-state index contributed by atoms with van der Waals surface area (Å²) in [6.07, 6.45) is 1.03. The number of nitrogens with one attached hydrogen (secondary N) is 1. The van der Waals surface area contributed by atoms with Gasteiger partial charge in [-0.25, -0.2) is 8.42 Å². The van der Waals surface area contributed by atoms with Gasteiger partial charge in [-0.05, 0) is 31.2 Å². The molecule has 2 rings (SSSR count). The van der Waals surface area contributed by atoms with E-state index in [0.717, 1.165) is 10.6 Å². The van der Waals surface area contributed by atoms with Crippen molar-refractivity contribution < 1.29 is 22.7 Å². The third kappa shape index (κ3) is 4.84. The second-order valence-electron chi connectivity index (χ2n) is 5.74. The van der Waals surface area contributed by atoms with E-state index < -0.39 is 22.0 Å². The first kappa shape index (κ1) is 20.9. The third-order valence-corrected chi connectivity index (χ3v) is 5.41. The Balaban J connectivity index is 2.39. The Kier molecular flexibility index (Phi) is 6.56. The van der Waals surface area contributed by atoms with Crippen LogP contribution >= 0.6 is 11.6 Å². The van der Waals surface area contributed by atoms with E-state index in [1.165, 1.54) is 27.2 Å². The first-order valence-corrected chi connectivity index (χ1v) is 10.2. The number of halogens is 1. The van der Waals surface area contributed by atoms with Crippen molar-refractivity contribution in [3.05, 3.63) is 47.5 Å². The highest BCUT2D eigenvalue weighted by Crippen LogP contribution is 2.33. The SMILES string of the molecule is COc1ccc(N([C@@H](C)C(=O)Nc2ccccc2Cl)S(C)(=O)=O)cc1OC. The van der Waals surface area contributed by atoms with E-state index in [1.54, 1.807) is 36.4 Å². The van der Waals surface area contributed by atoms with E-state index in [-0.39, 0.29) is 5.69 Å². The zero-order valence-corrected chi connectivity index (χ0v) is 17.0. The van der Waals surface area contributed by atoms with Gasteiger partial charge in [-0.1, -0.05) is 23.7 Å². The smallest absolute Gasteiger partial charge is 0.248 e. The minimum atomic E-state index is -3.77. The molecular weight excluding hydrogens is 392 g/mol. The zero-order chi connectivity index (χ0) is 20.2. The van der Waals surface area contributed by atoms with Crippen molar-refractivity contribution in [1.29, 1.82) is 0 Å². The van der Waals surface area contributed by atoms with Gasteiger partial charge in [0, 0.05) is 6.07 Å². The molecule has 0 aromatic heterocycles. The molecule has 0 spiro atoms. The van der Waals surface area contributed by atoms with Gasteiger partial charge in [0.1, 0.15) is 6.04 Å².